The standard InChI is InChI=1S/C18H24N4O3.ClH/c1-12-17(19-7-9-25-12)18(24)20-14-5-4-13-6-8-22(15(13)10-14)11-16(23)21(2)3;/h4-6,8,10,12,17,19H,7,9,11H2,1-3H3,(H,20,24);1H/t12-,17+;/m1./s1. The van der Waals surface area contributed by atoms with E-state index in [4.69, 9.17) is 4.74 Å². The van der Waals surface area contributed by atoms with E-state index in [1.54, 1.807) is 19.0 Å². The average Bonchev–Trinajstić information content (AvgIpc) is 2.97. The lowest BCUT2D eigenvalue weighted by molar-refractivity contribution is -0.129. The summed E-state index contributed by atoms with van der Waals surface area (Å²) in [6, 6.07) is 7.29. The van der Waals surface area contributed by atoms with Crippen molar-refractivity contribution in [3.8, 4) is 0 Å². The zero-order chi connectivity index (χ0) is 18.0. The number of benzene rings is 1. The minimum absolute atomic E-state index is 0. The Labute approximate surface area is 159 Å². The van der Waals surface area contributed by atoms with Crippen LogP contribution in [0.25, 0.3) is 10.9 Å². The zero-order valence-electron chi connectivity index (χ0n) is 15.2. The maximum atomic E-state index is 12.5. The summed E-state index contributed by atoms with van der Waals surface area (Å²) in [6.07, 6.45) is 1.72. The largest absolute Gasteiger partial charge is 0.375 e. The highest BCUT2D eigenvalue weighted by Gasteiger charge is 2.28. The maximum Gasteiger partial charge on any atom is 0.244 e. The summed E-state index contributed by atoms with van der Waals surface area (Å²) in [5.74, 6) is -0.0988. The molecule has 0 saturated carbocycles. The number of nitrogens with one attached hydrogen (secondary N) is 2. The van der Waals surface area contributed by atoms with Gasteiger partial charge in [-0.2, -0.15) is 0 Å². The first kappa shape index (κ1) is 20.2. The number of fused-ring (bicyclic) bond motifs is 1. The molecule has 2 N–H and O–H groups in total. The zero-order valence-corrected chi connectivity index (χ0v) is 16.0. The Kier molecular flexibility index (Phi) is 6.63. The molecule has 2 amide bonds. The smallest absolute Gasteiger partial charge is 0.244 e. The average molecular weight is 381 g/mol. The monoisotopic (exact) mass is 380 g/mol. The Morgan fingerprint density at radius 2 is 2.12 bits per heavy atom. The first-order valence-electron chi connectivity index (χ1n) is 8.40. The van der Waals surface area contributed by atoms with Gasteiger partial charge in [-0.05, 0) is 30.5 Å². The van der Waals surface area contributed by atoms with Crippen LogP contribution >= 0.6 is 12.4 Å². The quantitative estimate of drug-likeness (QED) is 0.842. The van der Waals surface area contributed by atoms with Gasteiger partial charge in [-0.15, -0.1) is 12.4 Å². The van der Waals surface area contributed by atoms with Crippen molar-refractivity contribution in [2.75, 3.05) is 32.6 Å². The van der Waals surface area contributed by atoms with E-state index in [-0.39, 0.29) is 42.9 Å². The first-order valence-corrected chi connectivity index (χ1v) is 8.40. The van der Waals surface area contributed by atoms with Gasteiger partial charge in [0.05, 0.1) is 18.2 Å². The molecular weight excluding hydrogens is 356 g/mol. The van der Waals surface area contributed by atoms with Crippen LogP contribution in [-0.2, 0) is 20.9 Å². The maximum absolute atomic E-state index is 12.5. The summed E-state index contributed by atoms with van der Waals surface area (Å²) in [5, 5.41) is 7.14. The number of likely N-dealkylation sites (N-methyl/N-ethyl adjacent to an activating group) is 1. The number of anilines is 1. The highest BCUT2D eigenvalue weighted by atomic mass is 35.5. The number of nitrogens with zero attached hydrogens (tertiary/aromatic N) is 2. The third-order valence-corrected chi connectivity index (χ3v) is 4.44. The lowest BCUT2D eigenvalue weighted by atomic mass is 10.1. The molecule has 0 bridgehead atoms. The summed E-state index contributed by atoms with van der Waals surface area (Å²) in [6.45, 7) is 3.43. The number of carbonyl (C=O) groups is 2. The predicted octanol–water partition coefficient (Wildman–Crippen LogP) is 1.47. The summed E-state index contributed by atoms with van der Waals surface area (Å²) < 4.78 is 7.41. The van der Waals surface area contributed by atoms with Gasteiger partial charge in [0.2, 0.25) is 11.8 Å². The summed E-state index contributed by atoms with van der Waals surface area (Å²) in [5.41, 5.74) is 1.61. The molecule has 1 aromatic carbocycles. The van der Waals surface area contributed by atoms with Crippen LogP contribution in [0, 0.1) is 0 Å². The molecule has 0 spiro atoms. The minimum Gasteiger partial charge on any atom is -0.375 e. The predicted molar refractivity (Wildman–Crippen MR) is 104 cm³/mol. The van der Waals surface area contributed by atoms with Crippen molar-refractivity contribution in [1.29, 1.82) is 0 Å². The van der Waals surface area contributed by atoms with Crippen molar-refractivity contribution in [2.24, 2.45) is 0 Å². The van der Waals surface area contributed by atoms with Gasteiger partial charge in [0.25, 0.3) is 0 Å². The van der Waals surface area contributed by atoms with E-state index in [0.29, 0.717) is 18.8 Å². The molecule has 0 unspecified atom stereocenters. The number of aromatic nitrogens is 1. The number of carbonyl (C=O) groups excluding carboxylic acids is 2. The summed E-state index contributed by atoms with van der Waals surface area (Å²) >= 11 is 0. The Hall–Kier alpha value is -2.09. The molecule has 1 aromatic heterocycles. The summed E-state index contributed by atoms with van der Waals surface area (Å²) in [4.78, 5) is 26.0. The SMILES string of the molecule is C[C@H]1OCCN[C@@H]1C(=O)Nc1ccc2ccn(CC(=O)N(C)C)c2c1.Cl. The fraction of sp³-hybridized carbons (Fsp3) is 0.444. The minimum atomic E-state index is -0.369. The van der Waals surface area contributed by atoms with Crippen molar-refractivity contribution in [1.82, 2.24) is 14.8 Å². The lowest BCUT2D eigenvalue weighted by Gasteiger charge is -2.29. The van der Waals surface area contributed by atoms with Crippen molar-refractivity contribution in [3.05, 3.63) is 30.5 Å². The van der Waals surface area contributed by atoms with E-state index >= 15 is 0 Å². The second kappa shape index (κ2) is 8.53. The number of halogens is 1. The number of hydrogen-bond acceptors (Lipinski definition) is 4. The van der Waals surface area contributed by atoms with Crippen molar-refractivity contribution < 1.29 is 14.3 Å². The van der Waals surface area contributed by atoms with E-state index < -0.39 is 0 Å². The molecule has 1 saturated heterocycles. The molecule has 2 aromatic rings. The summed E-state index contributed by atoms with van der Waals surface area (Å²) in [7, 11) is 3.47. The molecule has 0 aliphatic carbocycles. The second-order valence-corrected chi connectivity index (χ2v) is 6.50. The van der Waals surface area contributed by atoms with Crippen LogP contribution in [0.3, 0.4) is 0 Å². The van der Waals surface area contributed by atoms with Gasteiger partial charge in [-0.1, -0.05) is 6.07 Å². The van der Waals surface area contributed by atoms with Gasteiger partial charge in [0.15, 0.2) is 0 Å². The molecule has 1 fully saturated rings. The third-order valence-electron chi connectivity index (χ3n) is 4.44. The Morgan fingerprint density at radius 3 is 2.81 bits per heavy atom. The van der Waals surface area contributed by atoms with Gasteiger partial charge < -0.3 is 24.8 Å². The Bertz CT molecular complexity index is 790. The molecule has 142 valence electrons. The third kappa shape index (κ3) is 4.35. The van der Waals surface area contributed by atoms with Crippen LogP contribution in [0.4, 0.5) is 5.69 Å². The van der Waals surface area contributed by atoms with Crippen LogP contribution in [0.1, 0.15) is 6.92 Å². The molecule has 2 atom stereocenters. The van der Waals surface area contributed by atoms with E-state index in [0.717, 1.165) is 10.9 Å². The van der Waals surface area contributed by atoms with Crippen LogP contribution < -0.4 is 10.6 Å². The molecule has 8 heteroatoms. The molecule has 0 radical (unpaired) electrons. The van der Waals surface area contributed by atoms with Gasteiger partial charge in [-0.25, -0.2) is 0 Å². The fourth-order valence-electron chi connectivity index (χ4n) is 2.93. The Balaban J connectivity index is 0.00000243. The van der Waals surface area contributed by atoms with E-state index in [1.165, 1.54) is 0 Å². The molecule has 7 nitrogen and oxygen atoms in total. The topological polar surface area (TPSA) is 75.6 Å². The number of morpholine rings is 1. The molecule has 1 aliphatic heterocycles. The van der Waals surface area contributed by atoms with E-state index in [2.05, 4.69) is 10.6 Å². The molecule has 1 aliphatic rings. The van der Waals surface area contributed by atoms with Gasteiger partial charge >= 0.3 is 0 Å². The fourth-order valence-corrected chi connectivity index (χ4v) is 2.93. The van der Waals surface area contributed by atoms with E-state index in [1.807, 2.05) is 42.0 Å². The molecule has 2 heterocycles. The van der Waals surface area contributed by atoms with Crippen molar-refractivity contribution in [3.63, 3.8) is 0 Å². The molecule has 26 heavy (non-hydrogen) atoms. The Morgan fingerprint density at radius 1 is 1.35 bits per heavy atom. The van der Waals surface area contributed by atoms with Gasteiger partial charge in [0, 0.05) is 32.5 Å². The van der Waals surface area contributed by atoms with Crippen LogP contribution in [-0.4, -0.2) is 60.7 Å². The number of ether oxygens (including phenoxy) is 1. The van der Waals surface area contributed by atoms with Gasteiger partial charge in [-0.3, -0.25) is 9.59 Å². The van der Waals surface area contributed by atoms with Gasteiger partial charge in [0.1, 0.15) is 12.6 Å². The van der Waals surface area contributed by atoms with Crippen molar-refractivity contribution in [2.45, 2.75) is 25.6 Å². The second-order valence-electron chi connectivity index (χ2n) is 6.50. The lowest BCUT2D eigenvalue weighted by Crippen LogP contribution is -2.53. The molecule has 3 rings (SSSR count). The normalized spacial score (nSPS) is 19.7. The van der Waals surface area contributed by atoms with Crippen LogP contribution in [0.5, 0.6) is 0 Å². The van der Waals surface area contributed by atoms with E-state index in [9.17, 15) is 9.59 Å². The highest BCUT2D eigenvalue weighted by Crippen LogP contribution is 2.21. The van der Waals surface area contributed by atoms with Crippen molar-refractivity contribution >= 4 is 40.8 Å². The number of amides is 2. The first-order chi connectivity index (χ1) is 12.0. The highest BCUT2D eigenvalue weighted by molar-refractivity contribution is 5.97. The van der Waals surface area contributed by atoms with Crippen LogP contribution in [0.15, 0.2) is 30.5 Å². The van der Waals surface area contributed by atoms with Crippen LogP contribution in [0.2, 0.25) is 0 Å². The molecular formula is C18H25ClN4O3. The number of hydrogen-bond donors (Lipinski definition) is 2. The number of rotatable bonds is 4.